The topological polar surface area (TPSA) is 56.7 Å². The van der Waals surface area contributed by atoms with Crippen LogP contribution in [0.25, 0.3) is 0 Å². The Balaban J connectivity index is 1.48. The highest BCUT2D eigenvalue weighted by atomic mass is 35.5. The lowest BCUT2D eigenvalue weighted by Gasteiger charge is -2.35. The summed E-state index contributed by atoms with van der Waals surface area (Å²) in [7, 11) is 0. The van der Waals surface area contributed by atoms with Crippen LogP contribution in [-0.4, -0.2) is 48.5 Å². The van der Waals surface area contributed by atoms with Crippen LogP contribution >= 0.6 is 11.6 Å². The quantitative estimate of drug-likeness (QED) is 0.516. The van der Waals surface area contributed by atoms with Gasteiger partial charge in [-0.1, -0.05) is 37.6 Å². The highest BCUT2D eigenvalue weighted by molar-refractivity contribution is 6.30. The smallest absolute Gasteiger partial charge is 0.225 e. The number of guanidine groups is 1. The average molecular weight is 419 g/mol. The third-order valence-electron chi connectivity index (χ3n) is 6.19. The van der Waals surface area contributed by atoms with Crippen molar-refractivity contribution in [1.29, 1.82) is 0 Å². The molecule has 1 aliphatic heterocycles. The third-order valence-corrected chi connectivity index (χ3v) is 6.42. The zero-order chi connectivity index (χ0) is 20.8. The van der Waals surface area contributed by atoms with Gasteiger partial charge in [-0.15, -0.1) is 0 Å². The number of hydrogen-bond acceptors (Lipinski definition) is 2. The number of halogens is 1. The lowest BCUT2D eigenvalue weighted by Crippen LogP contribution is -2.51. The van der Waals surface area contributed by atoms with Gasteiger partial charge in [-0.05, 0) is 56.7 Å². The summed E-state index contributed by atoms with van der Waals surface area (Å²) in [5.74, 6) is 1.90. The number of piperidine rings is 1. The molecule has 2 aliphatic rings. The van der Waals surface area contributed by atoms with Crippen LogP contribution in [0.15, 0.2) is 29.3 Å². The molecule has 160 valence electrons. The minimum Gasteiger partial charge on any atom is -0.354 e. The van der Waals surface area contributed by atoms with E-state index in [-0.39, 0.29) is 5.92 Å². The zero-order valence-electron chi connectivity index (χ0n) is 18.0. The molecule has 2 unspecified atom stereocenters. The Kier molecular flexibility index (Phi) is 7.82. The van der Waals surface area contributed by atoms with E-state index in [0.717, 1.165) is 62.7 Å². The average Bonchev–Trinajstić information content (AvgIpc) is 3.49. The van der Waals surface area contributed by atoms with Crippen LogP contribution in [0.1, 0.15) is 64.4 Å². The van der Waals surface area contributed by atoms with Crippen LogP contribution in [0.5, 0.6) is 0 Å². The van der Waals surface area contributed by atoms with Gasteiger partial charge < -0.3 is 15.5 Å². The van der Waals surface area contributed by atoms with Crippen LogP contribution in [-0.2, 0) is 4.79 Å². The van der Waals surface area contributed by atoms with E-state index in [0.29, 0.717) is 23.9 Å². The first-order valence-electron chi connectivity index (χ1n) is 11.2. The van der Waals surface area contributed by atoms with Crippen LogP contribution in [0.3, 0.4) is 0 Å². The van der Waals surface area contributed by atoms with Crippen LogP contribution in [0.4, 0.5) is 0 Å². The van der Waals surface area contributed by atoms with E-state index in [9.17, 15) is 4.79 Å². The number of nitrogens with one attached hydrogen (secondary N) is 2. The second kappa shape index (κ2) is 10.3. The number of benzene rings is 1. The van der Waals surface area contributed by atoms with Crippen molar-refractivity contribution in [3.8, 4) is 0 Å². The van der Waals surface area contributed by atoms with Crippen LogP contribution in [0.2, 0.25) is 5.02 Å². The highest BCUT2D eigenvalue weighted by Gasteiger charge is 2.39. The van der Waals surface area contributed by atoms with Gasteiger partial charge in [0.05, 0.1) is 0 Å². The Morgan fingerprint density at radius 2 is 1.93 bits per heavy atom. The normalized spacial score (nSPS) is 22.7. The number of nitrogens with zero attached hydrogens (tertiary/aromatic N) is 2. The van der Waals surface area contributed by atoms with Gasteiger partial charge in [0.2, 0.25) is 5.91 Å². The van der Waals surface area contributed by atoms with E-state index in [1.165, 1.54) is 5.56 Å². The van der Waals surface area contributed by atoms with Crippen molar-refractivity contribution in [2.24, 2.45) is 10.9 Å². The van der Waals surface area contributed by atoms with E-state index in [1.54, 1.807) is 0 Å². The second-order valence-electron chi connectivity index (χ2n) is 8.23. The Labute approximate surface area is 180 Å². The third kappa shape index (κ3) is 5.88. The maximum absolute atomic E-state index is 12.6. The summed E-state index contributed by atoms with van der Waals surface area (Å²) in [6.07, 6.45) is 4.91. The monoisotopic (exact) mass is 418 g/mol. The molecule has 29 heavy (non-hydrogen) atoms. The summed E-state index contributed by atoms with van der Waals surface area (Å²) in [4.78, 5) is 19.3. The van der Waals surface area contributed by atoms with Crippen molar-refractivity contribution >= 4 is 23.5 Å². The summed E-state index contributed by atoms with van der Waals surface area (Å²) < 4.78 is 0. The molecule has 2 atom stereocenters. The van der Waals surface area contributed by atoms with Gasteiger partial charge in [0.15, 0.2) is 5.96 Å². The number of hydrogen-bond donors (Lipinski definition) is 2. The molecule has 0 bridgehead atoms. The van der Waals surface area contributed by atoms with E-state index < -0.39 is 0 Å². The zero-order valence-corrected chi connectivity index (χ0v) is 18.7. The molecular weight excluding hydrogens is 384 g/mol. The molecule has 1 aliphatic carbocycles. The van der Waals surface area contributed by atoms with Gasteiger partial charge in [0.1, 0.15) is 0 Å². The van der Waals surface area contributed by atoms with Gasteiger partial charge >= 0.3 is 0 Å². The molecule has 1 heterocycles. The fourth-order valence-corrected chi connectivity index (χ4v) is 4.46. The largest absolute Gasteiger partial charge is 0.354 e. The number of rotatable bonds is 7. The number of carbonyl (C=O) groups is 1. The van der Waals surface area contributed by atoms with E-state index >= 15 is 0 Å². The molecule has 2 N–H and O–H groups in total. The number of amides is 1. The Bertz CT molecular complexity index is 711. The van der Waals surface area contributed by atoms with E-state index in [4.69, 9.17) is 11.6 Å². The summed E-state index contributed by atoms with van der Waals surface area (Å²) in [6.45, 7) is 8.68. The molecule has 3 rings (SSSR count). The lowest BCUT2D eigenvalue weighted by atomic mass is 9.98. The number of aliphatic imine (C=N–C) groups is 1. The van der Waals surface area contributed by atoms with Crippen molar-refractivity contribution in [3.05, 3.63) is 34.9 Å². The number of likely N-dealkylation sites (tertiary alicyclic amines) is 1. The second-order valence-corrected chi connectivity index (χ2v) is 8.66. The molecule has 2 fully saturated rings. The molecule has 5 nitrogen and oxygen atoms in total. The maximum Gasteiger partial charge on any atom is 0.225 e. The first-order chi connectivity index (χ1) is 14.0. The fraction of sp³-hybridized carbons (Fsp3) is 0.652. The Hall–Kier alpha value is -1.75. The predicted molar refractivity (Wildman–Crippen MR) is 121 cm³/mol. The van der Waals surface area contributed by atoms with E-state index in [1.807, 2.05) is 12.1 Å². The molecule has 1 aromatic carbocycles. The molecule has 6 heteroatoms. The van der Waals surface area contributed by atoms with E-state index in [2.05, 4.69) is 53.4 Å². The lowest BCUT2D eigenvalue weighted by molar-refractivity contribution is -0.136. The molecule has 1 saturated heterocycles. The van der Waals surface area contributed by atoms with Gasteiger partial charge in [-0.3, -0.25) is 9.79 Å². The van der Waals surface area contributed by atoms with Crippen molar-refractivity contribution in [2.45, 2.75) is 70.9 Å². The first kappa shape index (κ1) is 21.9. The maximum atomic E-state index is 12.6. The van der Waals surface area contributed by atoms with Crippen molar-refractivity contribution < 1.29 is 4.79 Å². The van der Waals surface area contributed by atoms with Gasteiger partial charge in [0, 0.05) is 48.6 Å². The standard InChI is InChI=1S/C23H35ClN4O/c1-4-16(5-2)22(29)28-12-10-19(11-13-28)26-23(25-6-3)27-21-15-20(21)17-8-7-9-18(24)14-17/h7-9,14,16,19-21H,4-6,10-13,15H2,1-3H3,(H2,25,26,27). The van der Waals surface area contributed by atoms with Crippen molar-refractivity contribution in [3.63, 3.8) is 0 Å². The molecule has 1 aromatic rings. The van der Waals surface area contributed by atoms with Crippen LogP contribution < -0.4 is 10.6 Å². The minimum atomic E-state index is 0.177. The summed E-state index contributed by atoms with van der Waals surface area (Å²) in [6, 6.07) is 8.91. The highest BCUT2D eigenvalue weighted by Crippen LogP contribution is 2.41. The molecule has 1 amide bonds. The molecule has 1 saturated carbocycles. The fourth-order valence-electron chi connectivity index (χ4n) is 4.26. The Morgan fingerprint density at radius 3 is 2.55 bits per heavy atom. The first-order valence-corrected chi connectivity index (χ1v) is 11.5. The summed E-state index contributed by atoms with van der Waals surface area (Å²) >= 11 is 6.14. The molecule has 0 radical (unpaired) electrons. The SMILES string of the molecule is CCN=C(NC1CCN(C(=O)C(CC)CC)CC1)NC1CC1c1cccc(Cl)c1. The molecule has 0 spiro atoms. The minimum absolute atomic E-state index is 0.177. The predicted octanol–water partition coefficient (Wildman–Crippen LogP) is 4.18. The summed E-state index contributed by atoms with van der Waals surface area (Å²) in [5, 5.41) is 7.99. The van der Waals surface area contributed by atoms with Gasteiger partial charge in [-0.25, -0.2) is 0 Å². The molecule has 0 aromatic heterocycles. The van der Waals surface area contributed by atoms with Gasteiger partial charge in [0.25, 0.3) is 0 Å². The Morgan fingerprint density at radius 1 is 1.21 bits per heavy atom. The van der Waals surface area contributed by atoms with Crippen LogP contribution in [0, 0.1) is 5.92 Å². The number of carbonyl (C=O) groups excluding carboxylic acids is 1. The molecular formula is C23H35ClN4O. The summed E-state index contributed by atoms with van der Waals surface area (Å²) in [5.41, 5.74) is 1.29. The van der Waals surface area contributed by atoms with Crippen molar-refractivity contribution in [1.82, 2.24) is 15.5 Å². The van der Waals surface area contributed by atoms with Gasteiger partial charge in [-0.2, -0.15) is 0 Å². The van der Waals surface area contributed by atoms with Crippen molar-refractivity contribution in [2.75, 3.05) is 19.6 Å².